The van der Waals surface area contributed by atoms with Crippen molar-refractivity contribution in [1.29, 1.82) is 0 Å². The van der Waals surface area contributed by atoms with Gasteiger partial charge in [-0.1, -0.05) is 19.1 Å². The average Bonchev–Trinajstić information content (AvgIpc) is 2.39. The van der Waals surface area contributed by atoms with E-state index in [0.29, 0.717) is 0 Å². The van der Waals surface area contributed by atoms with E-state index >= 15 is 0 Å². The molecule has 92 valence electrons. The Morgan fingerprint density at radius 3 is 2.65 bits per heavy atom. The maximum atomic E-state index is 5.19. The lowest BCUT2D eigenvalue weighted by Gasteiger charge is -2.30. The highest BCUT2D eigenvalue weighted by Crippen LogP contribution is 2.36. The van der Waals surface area contributed by atoms with E-state index in [0.717, 1.165) is 24.3 Å². The van der Waals surface area contributed by atoms with Crippen LogP contribution in [0.5, 0.6) is 5.75 Å². The highest BCUT2D eigenvalue weighted by atomic mass is 32.2. The molecular weight excluding hydrogens is 230 g/mol. The summed E-state index contributed by atoms with van der Waals surface area (Å²) in [6, 6.07) is 8.30. The van der Waals surface area contributed by atoms with E-state index in [1.807, 2.05) is 23.9 Å². The van der Waals surface area contributed by atoms with Crippen LogP contribution in [-0.2, 0) is 5.54 Å². The molecule has 0 aromatic heterocycles. The second kappa shape index (κ2) is 5.13. The minimum Gasteiger partial charge on any atom is -0.497 e. The van der Waals surface area contributed by atoms with Gasteiger partial charge in [0.25, 0.3) is 0 Å². The molecule has 17 heavy (non-hydrogen) atoms. The Balaban J connectivity index is 2.30. The second-order valence-electron chi connectivity index (χ2n) is 4.46. The third-order valence-electron chi connectivity index (χ3n) is 3.24. The molecule has 0 amide bonds. The molecule has 0 spiro atoms. The fourth-order valence-electron chi connectivity index (χ4n) is 2.07. The number of hydrogen-bond acceptors (Lipinski definition) is 3. The zero-order chi connectivity index (χ0) is 12.3. The fourth-order valence-corrected chi connectivity index (χ4v) is 3.28. The molecule has 0 saturated carbocycles. The first-order valence-corrected chi connectivity index (χ1v) is 7.02. The third kappa shape index (κ3) is 2.65. The molecule has 1 aliphatic rings. The summed E-state index contributed by atoms with van der Waals surface area (Å²) >= 11 is 1.89. The lowest BCUT2D eigenvalue weighted by molar-refractivity contribution is 0.413. The van der Waals surface area contributed by atoms with Gasteiger partial charge in [0.05, 0.1) is 17.7 Å². The number of nitrogens with zero attached hydrogens (tertiary/aromatic N) is 1. The van der Waals surface area contributed by atoms with Crippen LogP contribution in [0.3, 0.4) is 0 Å². The van der Waals surface area contributed by atoms with Crippen molar-refractivity contribution in [3.63, 3.8) is 0 Å². The Hall–Kier alpha value is -0.960. The molecule has 0 aliphatic carbocycles. The van der Waals surface area contributed by atoms with Gasteiger partial charge in [-0.05, 0) is 37.5 Å². The zero-order valence-corrected chi connectivity index (χ0v) is 11.5. The van der Waals surface area contributed by atoms with Crippen LogP contribution in [0, 0.1) is 0 Å². The Bertz CT molecular complexity index is 413. The number of aliphatic imine (C=N–C) groups is 1. The Morgan fingerprint density at radius 1 is 1.35 bits per heavy atom. The second-order valence-corrected chi connectivity index (χ2v) is 5.63. The largest absolute Gasteiger partial charge is 0.497 e. The average molecular weight is 249 g/mol. The summed E-state index contributed by atoms with van der Waals surface area (Å²) in [5, 5.41) is 1.27. The van der Waals surface area contributed by atoms with Crippen molar-refractivity contribution in [2.45, 2.75) is 32.2 Å². The summed E-state index contributed by atoms with van der Waals surface area (Å²) < 4.78 is 5.19. The van der Waals surface area contributed by atoms with Crippen molar-refractivity contribution in [2.75, 3.05) is 12.9 Å². The number of benzene rings is 1. The first-order chi connectivity index (χ1) is 8.18. The van der Waals surface area contributed by atoms with E-state index in [-0.39, 0.29) is 5.54 Å². The number of ether oxygens (including phenoxy) is 1. The van der Waals surface area contributed by atoms with E-state index in [4.69, 9.17) is 9.73 Å². The quantitative estimate of drug-likeness (QED) is 0.811. The highest BCUT2D eigenvalue weighted by molar-refractivity contribution is 8.14. The molecule has 1 atom stereocenters. The number of methoxy groups -OCH3 is 1. The summed E-state index contributed by atoms with van der Waals surface area (Å²) in [6.07, 6.45) is 2.14. The van der Waals surface area contributed by atoms with Gasteiger partial charge in [0.2, 0.25) is 0 Å². The van der Waals surface area contributed by atoms with Crippen molar-refractivity contribution in [2.24, 2.45) is 4.99 Å². The van der Waals surface area contributed by atoms with Gasteiger partial charge in [-0.25, -0.2) is 0 Å². The summed E-state index contributed by atoms with van der Waals surface area (Å²) in [5.41, 5.74) is 1.23. The molecule has 0 N–H and O–H groups in total. The summed E-state index contributed by atoms with van der Waals surface area (Å²) in [4.78, 5) is 4.90. The molecule has 2 rings (SSSR count). The van der Waals surface area contributed by atoms with E-state index < -0.39 is 0 Å². The van der Waals surface area contributed by atoms with Crippen molar-refractivity contribution in [3.8, 4) is 5.75 Å². The first-order valence-electron chi connectivity index (χ1n) is 6.04. The van der Waals surface area contributed by atoms with E-state index in [2.05, 4.69) is 26.0 Å². The minimum absolute atomic E-state index is 0.0527. The molecule has 2 nitrogen and oxygen atoms in total. The van der Waals surface area contributed by atoms with Crippen LogP contribution in [0.25, 0.3) is 0 Å². The van der Waals surface area contributed by atoms with Gasteiger partial charge < -0.3 is 4.74 Å². The monoisotopic (exact) mass is 249 g/mol. The Kier molecular flexibility index (Phi) is 3.77. The Morgan fingerprint density at radius 2 is 2.06 bits per heavy atom. The molecule has 0 bridgehead atoms. The Labute approximate surface area is 107 Å². The van der Waals surface area contributed by atoms with Crippen molar-refractivity contribution in [1.82, 2.24) is 0 Å². The number of thioether (sulfide) groups is 1. The highest BCUT2D eigenvalue weighted by Gasteiger charge is 2.29. The van der Waals surface area contributed by atoms with E-state index in [1.165, 1.54) is 10.6 Å². The van der Waals surface area contributed by atoms with Gasteiger partial charge in [-0.3, -0.25) is 4.99 Å². The lowest BCUT2D eigenvalue weighted by atomic mass is 9.90. The summed E-state index contributed by atoms with van der Waals surface area (Å²) in [5.74, 6) is 2.07. The fraction of sp³-hybridized carbons (Fsp3) is 0.500. The summed E-state index contributed by atoms with van der Waals surface area (Å²) in [6.45, 7) is 4.40. The first kappa shape index (κ1) is 12.5. The van der Waals surface area contributed by atoms with Gasteiger partial charge in [-0.15, -0.1) is 11.8 Å². The van der Waals surface area contributed by atoms with E-state index in [1.54, 1.807) is 7.11 Å². The van der Waals surface area contributed by atoms with Crippen molar-refractivity contribution >= 4 is 16.8 Å². The number of hydrogen-bond donors (Lipinski definition) is 0. The van der Waals surface area contributed by atoms with Gasteiger partial charge >= 0.3 is 0 Å². The molecule has 1 aliphatic heterocycles. The molecule has 0 fully saturated rings. The van der Waals surface area contributed by atoms with Crippen molar-refractivity contribution < 1.29 is 4.74 Å². The molecule has 0 radical (unpaired) electrons. The predicted octanol–water partition coefficient (Wildman–Crippen LogP) is 3.86. The van der Waals surface area contributed by atoms with Gasteiger partial charge in [0.15, 0.2) is 0 Å². The predicted molar refractivity (Wildman–Crippen MR) is 75.1 cm³/mol. The van der Waals surface area contributed by atoms with Crippen LogP contribution >= 0.6 is 11.8 Å². The molecule has 1 unspecified atom stereocenters. The lowest BCUT2D eigenvalue weighted by Crippen LogP contribution is -2.25. The number of rotatable bonds is 3. The van der Waals surface area contributed by atoms with Gasteiger partial charge in [0, 0.05) is 5.75 Å². The van der Waals surface area contributed by atoms with Crippen LogP contribution in [0.4, 0.5) is 0 Å². The summed E-state index contributed by atoms with van der Waals surface area (Å²) in [7, 11) is 1.70. The van der Waals surface area contributed by atoms with Crippen LogP contribution in [-0.4, -0.2) is 17.9 Å². The van der Waals surface area contributed by atoms with Crippen LogP contribution in [0.2, 0.25) is 0 Å². The molecule has 3 heteroatoms. The third-order valence-corrected chi connectivity index (χ3v) is 4.36. The maximum Gasteiger partial charge on any atom is 0.118 e. The molecule has 0 saturated heterocycles. The normalized spacial score (nSPS) is 24.3. The molecular formula is C14H19NOS. The topological polar surface area (TPSA) is 21.6 Å². The minimum atomic E-state index is -0.0527. The van der Waals surface area contributed by atoms with Crippen LogP contribution < -0.4 is 4.74 Å². The van der Waals surface area contributed by atoms with Gasteiger partial charge in [-0.2, -0.15) is 0 Å². The molecule has 1 aromatic rings. The smallest absolute Gasteiger partial charge is 0.118 e. The molecule has 1 aromatic carbocycles. The van der Waals surface area contributed by atoms with Gasteiger partial charge in [0.1, 0.15) is 5.75 Å². The van der Waals surface area contributed by atoms with E-state index in [9.17, 15) is 0 Å². The standard InChI is InChI=1S/C14H19NOS/c1-4-13-15-14(2,9-10-17-13)11-5-7-12(16-3)8-6-11/h5-8H,4,9-10H2,1-3H3. The maximum absolute atomic E-state index is 5.19. The molecule has 1 heterocycles. The zero-order valence-electron chi connectivity index (χ0n) is 10.7. The van der Waals surface area contributed by atoms with Crippen molar-refractivity contribution in [3.05, 3.63) is 29.8 Å². The SMILES string of the molecule is CCC1=NC(C)(c2ccc(OC)cc2)CCS1. The van der Waals surface area contributed by atoms with Crippen LogP contribution in [0.15, 0.2) is 29.3 Å². The van der Waals surface area contributed by atoms with Crippen LogP contribution in [0.1, 0.15) is 32.3 Å².